The second-order valence-corrected chi connectivity index (χ2v) is 21.6. The SMILES string of the molecule is C[N+]1(C)CC2c3c4c5c6c3c3c(c7c8c9c%10c%11c%12c(c6c%11c83)=C3C5C(C=C4)C4C=CC5C6C=CC(C=%10C6C=%12C5C34)C9C3C[N+](C)(C)CC73)C2C1.[I-].[I-]. The van der Waals surface area contributed by atoms with Crippen molar-refractivity contribution in [3.05, 3.63) is 79.4 Å². The Morgan fingerprint density at radius 2 is 1.04 bits per heavy atom. The molecule has 0 aromatic heterocycles. The van der Waals surface area contributed by atoms with Gasteiger partial charge in [-0.3, -0.25) is 0 Å². The summed E-state index contributed by atoms with van der Waals surface area (Å²) < 4.78 is 2.36. The predicted molar refractivity (Wildman–Crippen MR) is 200 cm³/mol. The molecule has 4 fully saturated rings. The van der Waals surface area contributed by atoms with Crippen LogP contribution in [-0.4, -0.2) is 63.3 Å². The lowest BCUT2D eigenvalue weighted by Crippen LogP contribution is -3.00. The molecule has 18 rings (SSSR count). The van der Waals surface area contributed by atoms with Crippen molar-refractivity contribution >= 4 is 65.9 Å². The summed E-state index contributed by atoms with van der Waals surface area (Å²) in [5.41, 5.74) is 16.9. The number of allylic oxidation sites excluding steroid dienone is 5. The van der Waals surface area contributed by atoms with Gasteiger partial charge in [-0.1, -0.05) is 36.5 Å². The van der Waals surface area contributed by atoms with Crippen LogP contribution in [0.25, 0.3) is 65.9 Å². The van der Waals surface area contributed by atoms with E-state index in [1.54, 1.807) is 37.9 Å². The van der Waals surface area contributed by atoms with E-state index in [9.17, 15) is 0 Å². The summed E-state index contributed by atoms with van der Waals surface area (Å²) >= 11 is 0. The predicted octanol–water partition coefficient (Wildman–Crippen LogP) is -0.227. The molecule has 2 heterocycles. The zero-order chi connectivity index (χ0) is 31.7. The van der Waals surface area contributed by atoms with Crippen molar-refractivity contribution in [2.75, 3.05) is 54.4 Å². The zero-order valence-electron chi connectivity index (χ0n) is 30.0. The van der Waals surface area contributed by atoms with Crippen LogP contribution in [-0.2, 0) is 0 Å². The quantitative estimate of drug-likeness (QED) is 0.115. The highest BCUT2D eigenvalue weighted by Crippen LogP contribution is 2.75. The lowest BCUT2D eigenvalue weighted by molar-refractivity contribution is -0.880. The molecule has 11 aliphatic carbocycles. The van der Waals surface area contributed by atoms with E-state index < -0.39 is 0 Å². The topological polar surface area (TPSA) is 0 Å². The van der Waals surface area contributed by atoms with Gasteiger partial charge < -0.3 is 56.9 Å². The van der Waals surface area contributed by atoms with Crippen LogP contribution in [0.4, 0.5) is 0 Å². The maximum absolute atomic E-state index is 2.84. The summed E-state index contributed by atoms with van der Waals surface area (Å²) in [6.07, 6.45) is 16.8. The monoisotopic (exact) mass is 898 g/mol. The van der Waals surface area contributed by atoms with E-state index in [0.717, 1.165) is 11.8 Å². The lowest BCUT2D eigenvalue weighted by atomic mass is 9.63. The number of quaternary nitrogens is 2. The van der Waals surface area contributed by atoms with E-state index in [1.807, 2.05) is 71.0 Å². The molecule has 0 bridgehead atoms. The van der Waals surface area contributed by atoms with Gasteiger partial charge in [0, 0.05) is 47.3 Å². The number of hydrogen-bond donors (Lipinski definition) is 0. The summed E-state index contributed by atoms with van der Waals surface area (Å²) in [5, 5.41) is 19.9. The highest BCUT2D eigenvalue weighted by atomic mass is 127. The molecule has 14 atom stereocenters. The molecule has 0 radical (unpaired) electrons. The molecule has 5 aromatic carbocycles. The van der Waals surface area contributed by atoms with E-state index in [2.05, 4.69) is 64.6 Å². The van der Waals surface area contributed by atoms with Crippen molar-refractivity contribution in [1.82, 2.24) is 0 Å². The minimum Gasteiger partial charge on any atom is -1.00 e. The summed E-state index contributed by atoms with van der Waals surface area (Å²) in [4.78, 5) is 0. The van der Waals surface area contributed by atoms with Crippen LogP contribution in [0.5, 0.6) is 0 Å². The Kier molecular flexibility index (Phi) is 4.14. The smallest absolute Gasteiger partial charge is 0.0861 e. The van der Waals surface area contributed by atoms with Gasteiger partial charge in [0.2, 0.25) is 0 Å². The van der Waals surface area contributed by atoms with Crippen LogP contribution in [0, 0.1) is 53.3 Å². The van der Waals surface area contributed by atoms with Crippen molar-refractivity contribution in [1.29, 1.82) is 0 Å². The number of fused-ring (bicyclic) bond motifs is 11. The van der Waals surface area contributed by atoms with Crippen LogP contribution in [0.3, 0.4) is 0 Å². The summed E-state index contributed by atoms with van der Waals surface area (Å²) in [5.74, 6) is 9.42. The first-order valence-electron chi connectivity index (χ1n) is 20.5. The maximum Gasteiger partial charge on any atom is 0.0861 e. The van der Waals surface area contributed by atoms with E-state index in [0.29, 0.717) is 71.0 Å². The minimum absolute atomic E-state index is 0. The van der Waals surface area contributed by atoms with Crippen molar-refractivity contribution in [3.63, 3.8) is 0 Å². The standard InChI is InChI=1S/C48H40N2.2HI/c1-49(2)11-21-23(13-49)33-34-24-14-50(3,4)12-22(24)26-20-10-8-18-16-6-5-15-17-7-9-19-25(21)35-39-31(19)29(17)37-27(15)28(16)38-30(18)32(20)40-36(26)42(34)45(41(33)35)48-46(39)43(37)44(38)47(40)48;;/h5-10,15-19,21-25,27-30H,11-14H2,1-4H3;2*1H/q+2;;/p-2. The van der Waals surface area contributed by atoms with Crippen molar-refractivity contribution < 1.29 is 56.9 Å². The van der Waals surface area contributed by atoms with Crippen molar-refractivity contribution in [3.8, 4) is 0 Å². The van der Waals surface area contributed by atoms with Gasteiger partial charge in [-0.2, -0.15) is 0 Å². The number of halogens is 2. The van der Waals surface area contributed by atoms with Crippen LogP contribution in [0.1, 0.15) is 63.0 Å². The fraction of sp³-hybridized carbons (Fsp3) is 0.458. The molecular formula is C48H40I2N2. The van der Waals surface area contributed by atoms with E-state index in [4.69, 9.17) is 0 Å². The average molecular weight is 899 g/mol. The number of rotatable bonds is 0. The summed E-state index contributed by atoms with van der Waals surface area (Å²) in [6, 6.07) is 0. The van der Waals surface area contributed by atoms with E-state index >= 15 is 0 Å². The Hall–Kier alpha value is -2.00. The number of benzene rings is 2. The Balaban J connectivity index is 0.00000132. The van der Waals surface area contributed by atoms with Crippen LogP contribution in [0.2, 0.25) is 0 Å². The van der Waals surface area contributed by atoms with E-state index in [-0.39, 0.29) is 48.0 Å². The van der Waals surface area contributed by atoms with Gasteiger partial charge in [0.05, 0.1) is 54.4 Å². The highest BCUT2D eigenvalue weighted by molar-refractivity contribution is 6.41. The zero-order valence-corrected chi connectivity index (χ0v) is 34.3. The largest absolute Gasteiger partial charge is 1.00 e. The molecule has 2 saturated carbocycles. The molecule has 13 aliphatic rings. The Labute approximate surface area is 336 Å². The molecule has 2 saturated heterocycles. The fourth-order valence-electron chi connectivity index (χ4n) is 18.9. The van der Waals surface area contributed by atoms with Gasteiger partial charge in [0.25, 0.3) is 0 Å². The first-order chi connectivity index (χ1) is 24.3. The van der Waals surface area contributed by atoms with Gasteiger partial charge in [0.15, 0.2) is 0 Å². The van der Waals surface area contributed by atoms with Gasteiger partial charge in [0.1, 0.15) is 0 Å². The molecule has 2 aliphatic heterocycles. The molecular weight excluding hydrogens is 858 g/mol. The lowest BCUT2D eigenvalue weighted by Gasteiger charge is -2.38. The minimum atomic E-state index is 0. The van der Waals surface area contributed by atoms with Gasteiger partial charge in [-0.15, -0.1) is 0 Å². The van der Waals surface area contributed by atoms with Crippen LogP contribution in [0.15, 0.2) is 30.4 Å². The first kappa shape index (κ1) is 28.4. The third-order valence-electron chi connectivity index (χ3n) is 19.3. The first-order valence-corrected chi connectivity index (χ1v) is 20.5. The van der Waals surface area contributed by atoms with Crippen LogP contribution < -0.4 is 63.6 Å². The van der Waals surface area contributed by atoms with E-state index in [1.165, 1.54) is 35.1 Å². The average Bonchev–Trinajstić information content (AvgIpc) is 3.93. The highest BCUT2D eigenvalue weighted by Gasteiger charge is 2.67. The molecule has 14 unspecified atom stereocenters. The number of nitrogens with zero attached hydrogens (tertiary/aromatic N) is 2. The molecule has 2 nitrogen and oxygen atoms in total. The van der Waals surface area contributed by atoms with Gasteiger partial charge >= 0.3 is 0 Å². The normalized spacial score (nSPS) is 44.7. The van der Waals surface area contributed by atoms with Gasteiger partial charge in [-0.05, 0) is 144 Å². The maximum atomic E-state index is 2.84. The van der Waals surface area contributed by atoms with Crippen molar-refractivity contribution in [2.24, 2.45) is 53.3 Å². The molecule has 0 spiro atoms. The molecule has 52 heavy (non-hydrogen) atoms. The molecule has 256 valence electrons. The number of likely N-dealkylation sites (N-methyl/N-ethyl adjacent to an activating group) is 2. The second kappa shape index (κ2) is 7.59. The fourth-order valence-corrected chi connectivity index (χ4v) is 18.9. The molecule has 5 aromatic rings. The number of likely N-dealkylation sites (tertiary alicyclic amines) is 2. The van der Waals surface area contributed by atoms with Gasteiger partial charge in [-0.25, -0.2) is 0 Å². The Morgan fingerprint density at radius 3 is 1.85 bits per heavy atom. The Bertz CT molecular complexity index is 3100. The third kappa shape index (κ3) is 2.25. The van der Waals surface area contributed by atoms with Crippen molar-refractivity contribution in [2.45, 2.75) is 29.6 Å². The summed E-state index contributed by atoms with van der Waals surface area (Å²) in [7, 11) is 10.3. The molecule has 0 amide bonds. The summed E-state index contributed by atoms with van der Waals surface area (Å²) in [6.45, 7) is 5.28. The van der Waals surface area contributed by atoms with Crippen LogP contribution >= 0.6 is 0 Å². The molecule has 4 heteroatoms. The third-order valence-corrected chi connectivity index (χ3v) is 19.3. The molecule has 0 N–H and O–H groups in total. The second-order valence-electron chi connectivity index (χ2n) is 21.6. The number of hydrogen-bond acceptors (Lipinski definition) is 0. The Morgan fingerprint density at radius 1 is 0.442 bits per heavy atom.